The van der Waals surface area contributed by atoms with Gasteiger partial charge in [0.25, 0.3) is 11.8 Å². The number of hydrogen-bond donors (Lipinski definition) is 3. The smallest absolute Gasteiger partial charge is 0.462 e. The Balaban J connectivity index is 0. The highest BCUT2D eigenvalue weighted by molar-refractivity contribution is 7.47. The molecule has 0 saturated carbocycles. The molecule has 0 spiro atoms. The first-order valence-corrected chi connectivity index (χ1v) is 29.7. The van der Waals surface area contributed by atoms with Gasteiger partial charge in [-0.05, 0) is 12.8 Å². The van der Waals surface area contributed by atoms with E-state index in [2.05, 4.69) is 24.5 Å². The van der Waals surface area contributed by atoms with Crippen LogP contribution in [0.15, 0.2) is 12.2 Å². The molecule has 0 aromatic carbocycles. The lowest BCUT2D eigenvalue weighted by atomic mass is 10.0. The average molecular weight is 1080 g/mol. The van der Waals surface area contributed by atoms with Gasteiger partial charge in [-0.1, -0.05) is 208 Å². The normalized spacial score (nSPS) is 13.3. The summed E-state index contributed by atoms with van der Waals surface area (Å²) in [5.41, 5.74) is 0. The number of rotatable bonds is 53. The molecule has 0 aliphatic carbocycles. The van der Waals surface area contributed by atoms with Crippen LogP contribution in [0.4, 0.5) is 0 Å². The van der Waals surface area contributed by atoms with Gasteiger partial charge in [-0.2, -0.15) is 0 Å². The summed E-state index contributed by atoms with van der Waals surface area (Å²) in [7, 11) is -4.65. The average Bonchev–Trinajstić information content (AvgIpc) is 3.68. The minimum atomic E-state index is -4.65. The van der Waals surface area contributed by atoms with Crippen molar-refractivity contribution in [3.63, 3.8) is 0 Å². The number of esters is 2. The van der Waals surface area contributed by atoms with E-state index in [9.17, 15) is 38.2 Å². The Kier molecular flexibility index (Phi) is 51.1. The fraction of sp³-hybridized carbons (Fsp3) is 0.857. The molecule has 74 heavy (non-hydrogen) atoms. The second-order valence-electron chi connectivity index (χ2n) is 19.1. The zero-order valence-corrected chi connectivity index (χ0v) is 45.7. The summed E-state index contributed by atoms with van der Waals surface area (Å²) in [6.07, 6.45) is 37.9. The molecule has 2 atom stereocenters. The third-order valence-electron chi connectivity index (χ3n) is 12.4. The Morgan fingerprint density at radius 3 is 1.39 bits per heavy atom. The summed E-state index contributed by atoms with van der Waals surface area (Å²) in [6, 6.07) is 0. The van der Waals surface area contributed by atoms with E-state index in [-0.39, 0.29) is 99.3 Å². The van der Waals surface area contributed by atoms with Crippen LogP contribution in [0.2, 0.25) is 0 Å². The van der Waals surface area contributed by atoms with Crippen LogP contribution < -0.4 is 10.6 Å². The molecule has 1 aliphatic heterocycles. The number of phosphoric acid groups is 1. The van der Waals surface area contributed by atoms with Crippen LogP contribution in [-0.4, -0.2) is 117 Å². The predicted molar refractivity (Wildman–Crippen MR) is 293 cm³/mol. The van der Waals surface area contributed by atoms with Gasteiger partial charge in [0.05, 0.1) is 33.0 Å². The van der Waals surface area contributed by atoms with Gasteiger partial charge in [-0.25, -0.2) is 4.57 Å². The molecule has 18 heteroatoms. The Bertz CT molecular complexity index is 1480. The number of nitrogens with zero attached hydrogens (tertiary/aromatic N) is 1. The van der Waals surface area contributed by atoms with Crippen LogP contribution in [0.3, 0.4) is 0 Å². The standard InChI is InChI=1S/C54H98N3O14P.2CH4/c1-3-5-7-9-11-13-15-17-19-21-23-25-27-29-31-33-53(62)68-45-48(71-54(63)34-32-30-28-26-24-22-20-18-16-14-12-10-8-6-4-2)46-70-72(64,65)69-42-39-56-50(59)47-67-44-43-66-41-38-55-49(58)37-40-57-51(60)35-36-52(57)61;;/h35-36,48H,3-34,37-47H2,1-2H3,(H,55,58)(H,56,59)(H,64,65);2*1H4/t48-;;/m1../s1. The molecule has 0 radical (unpaired) electrons. The van der Waals surface area contributed by atoms with Crippen molar-refractivity contribution in [1.29, 1.82) is 0 Å². The van der Waals surface area contributed by atoms with E-state index in [1.807, 2.05) is 0 Å². The maximum atomic E-state index is 12.8. The lowest BCUT2D eigenvalue weighted by Gasteiger charge is -2.20. The van der Waals surface area contributed by atoms with Crippen molar-refractivity contribution in [2.45, 2.75) is 247 Å². The molecule has 1 rings (SSSR count). The minimum absolute atomic E-state index is 0. The molecule has 3 N–H and O–H groups in total. The van der Waals surface area contributed by atoms with Gasteiger partial charge >= 0.3 is 19.8 Å². The minimum Gasteiger partial charge on any atom is -0.462 e. The van der Waals surface area contributed by atoms with Crippen molar-refractivity contribution in [2.24, 2.45) is 0 Å². The van der Waals surface area contributed by atoms with Crippen molar-refractivity contribution >= 4 is 43.4 Å². The highest BCUT2D eigenvalue weighted by Crippen LogP contribution is 2.43. The van der Waals surface area contributed by atoms with Gasteiger partial charge in [0.2, 0.25) is 11.8 Å². The van der Waals surface area contributed by atoms with Gasteiger partial charge in [0.1, 0.15) is 13.2 Å². The van der Waals surface area contributed by atoms with E-state index in [0.29, 0.717) is 12.8 Å². The third kappa shape index (κ3) is 46.1. The zero-order valence-electron chi connectivity index (χ0n) is 44.8. The molecule has 0 bridgehead atoms. The number of ether oxygens (including phenoxy) is 4. The Labute approximate surface area is 448 Å². The summed E-state index contributed by atoms with van der Waals surface area (Å²) < 4.78 is 44.5. The number of phosphoric ester groups is 1. The van der Waals surface area contributed by atoms with Crippen molar-refractivity contribution in [3.8, 4) is 0 Å². The maximum Gasteiger partial charge on any atom is 0.472 e. The zero-order chi connectivity index (χ0) is 52.6. The molecular formula is C56H106N3O14P. The van der Waals surface area contributed by atoms with Crippen LogP contribution in [-0.2, 0) is 61.3 Å². The first-order chi connectivity index (χ1) is 35.0. The maximum absolute atomic E-state index is 12.8. The van der Waals surface area contributed by atoms with E-state index < -0.39 is 50.2 Å². The number of amides is 4. The molecule has 434 valence electrons. The molecule has 17 nitrogen and oxygen atoms in total. The monoisotopic (exact) mass is 1080 g/mol. The highest BCUT2D eigenvalue weighted by Gasteiger charge is 2.27. The van der Waals surface area contributed by atoms with E-state index >= 15 is 0 Å². The van der Waals surface area contributed by atoms with E-state index in [1.165, 1.54) is 141 Å². The van der Waals surface area contributed by atoms with Crippen molar-refractivity contribution in [2.75, 3.05) is 65.9 Å². The summed E-state index contributed by atoms with van der Waals surface area (Å²) in [5.74, 6) is -2.68. The fourth-order valence-electron chi connectivity index (χ4n) is 8.12. The van der Waals surface area contributed by atoms with Crippen LogP contribution >= 0.6 is 7.82 Å². The number of unbranched alkanes of at least 4 members (excludes halogenated alkanes) is 28. The van der Waals surface area contributed by atoms with Crippen LogP contribution in [0.25, 0.3) is 0 Å². The van der Waals surface area contributed by atoms with Crippen LogP contribution in [0.1, 0.15) is 241 Å². The van der Waals surface area contributed by atoms with Crippen LogP contribution in [0, 0.1) is 0 Å². The Morgan fingerprint density at radius 2 is 0.919 bits per heavy atom. The number of nitrogens with one attached hydrogen (secondary N) is 2. The Morgan fingerprint density at radius 1 is 0.514 bits per heavy atom. The van der Waals surface area contributed by atoms with Crippen LogP contribution in [0.5, 0.6) is 0 Å². The number of carbonyl (C=O) groups excluding carboxylic acids is 6. The number of carbonyl (C=O) groups is 6. The first kappa shape index (κ1) is 72.9. The van der Waals surface area contributed by atoms with Gasteiger partial charge in [-0.3, -0.25) is 42.7 Å². The summed E-state index contributed by atoms with van der Waals surface area (Å²) in [5, 5.41) is 5.12. The van der Waals surface area contributed by atoms with Crippen molar-refractivity contribution in [1.82, 2.24) is 15.5 Å². The second kappa shape index (κ2) is 51.9. The molecule has 1 aliphatic rings. The van der Waals surface area contributed by atoms with E-state index in [4.69, 9.17) is 28.0 Å². The molecule has 0 saturated heterocycles. The molecule has 0 fully saturated rings. The lowest BCUT2D eigenvalue weighted by molar-refractivity contribution is -0.161. The molecule has 0 aromatic rings. The Hall–Kier alpha value is -3.21. The SMILES string of the molecule is C.C.CCCCCCCCCCCCCCCCCC(=O)OC[C@H](COP(=O)(O)OCCNC(=O)COCCOCCNC(=O)CCN1C(=O)C=CC1=O)OC(=O)CCCCCCCCCCCCCCCCC. The summed E-state index contributed by atoms with van der Waals surface area (Å²) in [4.78, 5) is 84.0. The second-order valence-corrected chi connectivity index (χ2v) is 20.5. The van der Waals surface area contributed by atoms with E-state index in [1.54, 1.807) is 0 Å². The highest BCUT2D eigenvalue weighted by atomic mass is 31.2. The number of hydrogen-bond acceptors (Lipinski definition) is 13. The topological polar surface area (TPSA) is 222 Å². The molecular weight excluding hydrogens is 970 g/mol. The molecule has 0 aromatic heterocycles. The molecule has 4 amide bonds. The summed E-state index contributed by atoms with van der Waals surface area (Å²) in [6.45, 7) is 3.43. The largest absolute Gasteiger partial charge is 0.472 e. The van der Waals surface area contributed by atoms with Gasteiger partial charge < -0.3 is 34.5 Å². The predicted octanol–water partition coefficient (Wildman–Crippen LogP) is 12.0. The molecule has 1 heterocycles. The summed E-state index contributed by atoms with van der Waals surface area (Å²) >= 11 is 0. The van der Waals surface area contributed by atoms with Crippen molar-refractivity contribution in [3.05, 3.63) is 12.2 Å². The fourth-order valence-corrected chi connectivity index (χ4v) is 8.87. The number of imide groups is 1. The quantitative estimate of drug-likeness (QED) is 0.0223. The first-order valence-electron chi connectivity index (χ1n) is 28.2. The van der Waals surface area contributed by atoms with Gasteiger partial charge in [-0.15, -0.1) is 0 Å². The lowest BCUT2D eigenvalue weighted by Crippen LogP contribution is -2.35. The van der Waals surface area contributed by atoms with E-state index in [0.717, 1.165) is 55.6 Å². The molecule has 1 unspecified atom stereocenters. The van der Waals surface area contributed by atoms with Crippen molar-refractivity contribution < 1.29 is 66.2 Å². The third-order valence-corrected chi connectivity index (χ3v) is 13.4. The van der Waals surface area contributed by atoms with Gasteiger partial charge in [0.15, 0.2) is 6.10 Å². The van der Waals surface area contributed by atoms with Gasteiger partial charge in [0, 0.05) is 51.0 Å².